The summed E-state index contributed by atoms with van der Waals surface area (Å²) in [4.78, 5) is 2.44. The monoisotopic (exact) mass is 361 g/mol. The molecule has 1 aliphatic rings. The van der Waals surface area contributed by atoms with E-state index in [2.05, 4.69) is 109 Å². The molecule has 0 bridgehead atoms. The Morgan fingerprint density at radius 2 is 1.54 bits per heavy atom. The molecule has 0 fully saturated rings. The van der Waals surface area contributed by atoms with Gasteiger partial charge in [0.15, 0.2) is 0 Å². The minimum absolute atomic E-state index is 1.07. The Kier molecular flexibility index (Phi) is 4.21. The summed E-state index contributed by atoms with van der Waals surface area (Å²) in [6.45, 7) is 2.16. The van der Waals surface area contributed by atoms with Gasteiger partial charge in [-0.15, -0.1) is 0 Å². The molecule has 0 heterocycles. The van der Waals surface area contributed by atoms with E-state index in [0.717, 1.165) is 12.8 Å². The first-order valence-electron chi connectivity index (χ1n) is 9.94. The predicted octanol–water partition coefficient (Wildman–Crippen LogP) is 7.27. The van der Waals surface area contributed by atoms with Crippen LogP contribution in [0, 0.1) is 6.92 Å². The number of hydrogen-bond acceptors (Lipinski definition) is 1. The molecule has 0 N–H and O–H groups in total. The Hall–Kier alpha value is -3.32. The van der Waals surface area contributed by atoms with Gasteiger partial charge in [0, 0.05) is 22.3 Å². The van der Waals surface area contributed by atoms with Gasteiger partial charge in [0.1, 0.15) is 0 Å². The van der Waals surface area contributed by atoms with Crippen molar-refractivity contribution in [2.75, 3.05) is 4.90 Å². The van der Waals surface area contributed by atoms with E-state index in [-0.39, 0.29) is 0 Å². The first-order chi connectivity index (χ1) is 13.8. The summed E-state index contributed by atoms with van der Waals surface area (Å²) in [6, 6.07) is 32.9. The van der Waals surface area contributed by atoms with Crippen LogP contribution in [0.25, 0.3) is 16.5 Å². The summed E-state index contributed by atoms with van der Waals surface area (Å²) < 4.78 is 0. The van der Waals surface area contributed by atoms with Crippen molar-refractivity contribution in [1.82, 2.24) is 0 Å². The van der Waals surface area contributed by atoms with E-state index in [9.17, 15) is 0 Å². The number of rotatable bonds is 3. The molecule has 136 valence electrons. The van der Waals surface area contributed by atoms with Crippen LogP contribution in [0.5, 0.6) is 0 Å². The second kappa shape index (κ2) is 7.01. The highest BCUT2D eigenvalue weighted by molar-refractivity contribution is 6.02. The van der Waals surface area contributed by atoms with Crippen LogP contribution < -0.4 is 4.90 Å². The number of benzene rings is 4. The molecular formula is C27H23N. The average molecular weight is 361 g/mol. The minimum atomic E-state index is 1.07. The van der Waals surface area contributed by atoms with Gasteiger partial charge in [-0.1, -0.05) is 78.9 Å². The molecule has 1 aliphatic carbocycles. The van der Waals surface area contributed by atoms with E-state index in [1.54, 1.807) is 0 Å². The van der Waals surface area contributed by atoms with Crippen LogP contribution in [0.15, 0.2) is 97.1 Å². The largest absolute Gasteiger partial charge is 0.310 e. The highest BCUT2D eigenvalue weighted by atomic mass is 15.2. The van der Waals surface area contributed by atoms with E-state index < -0.39 is 0 Å². The summed E-state index contributed by atoms with van der Waals surface area (Å²) in [6.07, 6.45) is 4.57. The standard InChI is InChI=1S/C27H23N/c1-20-9-6-14-23(19-20)28(26-17-7-12-21-10-2-4-15-24(21)26)27-18-8-13-22-11-3-5-16-25(22)27/h2-7,9-12,14-19H,8,13H2,1H3. The second-order valence-corrected chi connectivity index (χ2v) is 7.46. The molecule has 0 aliphatic heterocycles. The third kappa shape index (κ3) is 2.90. The number of aryl methyl sites for hydroxylation is 2. The molecule has 1 nitrogen and oxygen atoms in total. The molecule has 0 saturated heterocycles. The van der Waals surface area contributed by atoms with Crippen molar-refractivity contribution in [3.63, 3.8) is 0 Å². The summed E-state index contributed by atoms with van der Waals surface area (Å²) >= 11 is 0. The quantitative estimate of drug-likeness (QED) is 0.371. The fourth-order valence-electron chi connectivity index (χ4n) is 4.25. The molecule has 28 heavy (non-hydrogen) atoms. The Morgan fingerprint density at radius 3 is 2.46 bits per heavy atom. The van der Waals surface area contributed by atoms with Gasteiger partial charge in [0.25, 0.3) is 0 Å². The number of anilines is 2. The van der Waals surface area contributed by atoms with Gasteiger partial charge in [0.05, 0.1) is 5.69 Å². The first-order valence-corrected chi connectivity index (χ1v) is 9.94. The van der Waals surface area contributed by atoms with Gasteiger partial charge >= 0.3 is 0 Å². The Labute approximate surface area is 166 Å². The molecule has 1 heteroatoms. The first kappa shape index (κ1) is 16.8. The van der Waals surface area contributed by atoms with Crippen molar-refractivity contribution in [3.05, 3.63) is 114 Å². The molecule has 0 unspecified atom stereocenters. The molecule has 0 aromatic heterocycles. The average Bonchev–Trinajstić information content (AvgIpc) is 2.74. The summed E-state index contributed by atoms with van der Waals surface area (Å²) in [5, 5.41) is 2.54. The summed E-state index contributed by atoms with van der Waals surface area (Å²) in [7, 11) is 0. The maximum Gasteiger partial charge on any atom is 0.0540 e. The topological polar surface area (TPSA) is 3.24 Å². The highest BCUT2D eigenvalue weighted by Crippen LogP contribution is 2.41. The third-order valence-electron chi connectivity index (χ3n) is 5.55. The normalized spacial score (nSPS) is 13.1. The fraction of sp³-hybridized carbons (Fsp3) is 0.111. The van der Waals surface area contributed by atoms with Gasteiger partial charge < -0.3 is 4.90 Å². The van der Waals surface area contributed by atoms with Crippen LogP contribution in [0.3, 0.4) is 0 Å². The van der Waals surface area contributed by atoms with E-state index in [0.29, 0.717) is 0 Å². The molecule has 0 amide bonds. The van der Waals surface area contributed by atoms with E-state index in [4.69, 9.17) is 0 Å². The van der Waals surface area contributed by atoms with Crippen molar-refractivity contribution < 1.29 is 0 Å². The second-order valence-electron chi connectivity index (χ2n) is 7.46. The Morgan fingerprint density at radius 1 is 0.750 bits per heavy atom. The Balaban J connectivity index is 1.79. The predicted molar refractivity (Wildman–Crippen MR) is 120 cm³/mol. The van der Waals surface area contributed by atoms with Crippen molar-refractivity contribution in [2.24, 2.45) is 0 Å². The highest BCUT2D eigenvalue weighted by Gasteiger charge is 2.22. The molecule has 4 aromatic carbocycles. The Bertz CT molecular complexity index is 1180. The number of allylic oxidation sites excluding steroid dienone is 1. The maximum atomic E-state index is 2.44. The fourth-order valence-corrected chi connectivity index (χ4v) is 4.25. The maximum absolute atomic E-state index is 2.44. The zero-order valence-electron chi connectivity index (χ0n) is 16.1. The van der Waals surface area contributed by atoms with E-state index in [1.807, 2.05) is 0 Å². The van der Waals surface area contributed by atoms with Crippen LogP contribution in [0.1, 0.15) is 23.1 Å². The van der Waals surface area contributed by atoms with Gasteiger partial charge in [-0.3, -0.25) is 0 Å². The summed E-state index contributed by atoms with van der Waals surface area (Å²) in [5.41, 5.74) is 7.75. The van der Waals surface area contributed by atoms with Gasteiger partial charge in [-0.05, 0) is 54.5 Å². The molecule has 0 saturated carbocycles. The molecule has 4 aromatic rings. The molecule has 0 atom stereocenters. The lowest BCUT2D eigenvalue weighted by Gasteiger charge is -2.32. The van der Waals surface area contributed by atoms with E-state index >= 15 is 0 Å². The van der Waals surface area contributed by atoms with Crippen LogP contribution in [-0.2, 0) is 6.42 Å². The van der Waals surface area contributed by atoms with Gasteiger partial charge in [-0.25, -0.2) is 0 Å². The lowest BCUT2D eigenvalue weighted by atomic mass is 9.93. The van der Waals surface area contributed by atoms with Gasteiger partial charge in [-0.2, -0.15) is 0 Å². The molecule has 0 spiro atoms. The zero-order valence-corrected chi connectivity index (χ0v) is 16.1. The van der Waals surface area contributed by atoms with Crippen LogP contribution >= 0.6 is 0 Å². The zero-order chi connectivity index (χ0) is 18.9. The van der Waals surface area contributed by atoms with Crippen molar-refractivity contribution in [3.8, 4) is 0 Å². The van der Waals surface area contributed by atoms with Crippen LogP contribution in [0.4, 0.5) is 11.4 Å². The van der Waals surface area contributed by atoms with Crippen molar-refractivity contribution in [2.45, 2.75) is 19.8 Å². The number of hydrogen-bond donors (Lipinski definition) is 0. The van der Waals surface area contributed by atoms with Crippen molar-refractivity contribution >= 4 is 27.8 Å². The summed E-state index contributed by atoms with van der Waals surface area (Å²) in [5.74, 6) is 0. The molecule has 0 radical (unpaired) electrons. The van der Waals surface area contributed by atoms with Crippen molar-refractivity contribution in [1.29, 1.82) is 0 Å². The number of fused-ring (bicyclic) bond motifs is 2. The lowest BCUT2D eigenvalue weighted by molar-refractivity contribution is 0.968. The third-order valence-corrected chi connectivity index (χ3v) is 5.55. The molecular weight excluding hydrogens is 338 g/mol. The van der Waals surface area contributed by atoms with Crippen LogP contribution in [0.2, 0.25) is 0 Å². The minimum Gasteiger partial charge on any atom is -0.310 e. The number of nitrogens with zero attached hydrogens (tertiary/aromatic N) is 1. The van der Waals surface area contributed by atoms with Crippen LogP contribution in [-0.4, -0.2) is 0 Å². The van der Waals surface area contributed by atoms with Gasteiger partial charge in [0.2, 0.25) is 0 Å². The van der Waals surface area contributed by atoms with E-state index in [1.165, 1.54) is 44.5 Å². The lowest BCUT2D eigenvalue weighted by Crippen LogP contribution is -2.19. The molecule has 5 rings (SSSR count). The smallest absolute Gasteiger partial charge is 0.0540 e. The SMILES string of the molecule is Cc1cccc(N(C2=CCCc3ccccc32)c2cccc3ccccc23)c1.